The third-order valence-corrected chi connectivity index (χ3v) is 8.74. The molecule has 2 fully saturated rings. The number of amides is 1. The van der Waals surface area contributed by atoms with Crippen LogP contribution in [0, 0.1) is 5.92 Å². The van der Waals surface area contributed by atoms with Crippen LogP contribution < -0.4 is 10.1 Å². The second kappa shape index (κ2) is 10.4. The molecule has 0 bridgehead atoms. The quantitative estimate of drug-likeness (QED) is 0.465. The number of aromatic nitrogens is 1. The maximum absolute atomic E-state index is 13.3. The predicted octanol–water partition coefficient (Wildman–Crippen LogP) is 5.53. The standard InChI is InChI=1S/C31H36N2O5/c1-37-24-8-10-25-22(16-24)15-23(32-30(34)20-11-13-38-14-12-20)18-33-27-17-21(31(35)36)7-9-26(27)28(29(25)33)19-5-3-2-4-6-19/h7-10,16-17,19-20,23H,2-6,11-15,18H2,1H3,(H,32,34)(H,35,36). The lowest BCUT2D eigenvalue weighted by molar-refractivity contribution is -0.128. The van der Waals surface area contributed by atoms with E-state index in [0.29, 0.717) is 32.1 Å². The average Bonchev–Trinajstić information content (AvgIpc) is 3.17. The molecule has 1 aromatic heterocycles. The Kier molecular flexibility index (Phi) is 6.87. The minimum Gasteiger partial charge on any atom is -0.497 e. The molecule has 200 valence electrons. The number of nitrogens with one attached hydrogen (secondary N) is 1. The van der Waals surface area contributed by atoms with Gasteiger partial charge in [-0.15, -0.1) is 0 Å². The Morgan fingerprint density at radius 1 is 1.03 bits per heavy atom. The number of hydrogen-bond donors (Lipinski definition) is 2. The number of methoxy groups -OCH3 is 1. The third-order valence-electron chi connectivity index (χ3n) is 8.74. The summed E-state index contributed by atoms with van der Waals surface area (Å²) in [6, 6.07) is 11.7. The summed E-state index contributed by atoms with van der Waals surface area (Å²) in [4.78, 5) is 25.3. The number of carbonyl (C=O) groups is 2. The van der Waals surface area contributed by atoms with E-state index in [9.17, 15) is 14.7 Å². The van der Waals surface area contributed by atoms with Crippen LogP contribution in [0.3, 0.4) is 0 Å². The Hall–Kier alpha value is -3.32. The molecule has 1 unspecified atom stereocenters. The highest BCUT2D eigenvalue weighted by molar-refractivity contribution is 5.98. The van der Waals surface area contributed by atoms with Crippen molar-refractivity contribution in [2.24, 2.45) is 5.92 Å². The number of nitrogens with zero attached hydrogens (tertiary/aromatic N) is 1. The number of rotatable bonds is 5. The van der Waals surface area contributed by atoms with Crippen LogP contribution in [-0.2, 0) is 22.5 Å². The Bertz CT molecular complexity index is 1360. The molecule has 0 radical (unpaired) electrons. The van der Waals surface area contributed by atoms with Crippen LogP contribution in [0.2, 0.25) is 0 Å². The molecule has 38 heavy (non-hydrogen) atoms. The monoisotopic (exact) mass is 516 g/mol. The van der Waals surface area contributed by atoms with Gasteiger partial charge >= 0.3 is 5.97 Å². The van der Waals surface area contributed by atoms with Gasteiger partial charge in [0.15, 0.2) is 0 Å². The van der Waals surface area contributed by atoms with Crippen molar-refractivity contribution >= 4 is 22.8 Å². The van der Waals surface area contributed by atoms with E-state index < -0.39 is 5.97 Å². The molecule has 3 aromatic rings. The minimum absolute atomic E-state index is 0.0333. The summed E-state index contributed by atoms with van der Waals surface area (Å²) in [5.74, 6) is 0.358. The van der Waals surface area contributed by atoms with Crippen molar-refractivity contribution in [2.45, 2.75) is 69.9 Å². The maximum Gasteiger partial charge on any atom is 0.335 e. The highest BCUT2D eigenvalue weighted by atomic mass is 16.5. The zero-order chi connectivity index (χ0) is 26.2. The van der Waals surface area contributed by atoms with Crippen molar-refractivity contribution in [2.75, 3.05) is 20.3 Å². The van der Waals surface area contributed by atoms with Gasteiger partial charge in [-0.2, -0.15) is 0 Å². The number of carboxylic acids is 1. The van der Waals surface area contributed by atoms with E-state index in [0.717, 1.165) is 53.5 Å². The molecule has 0 spiro atoms. The lowest BCUT2D eigenvalue weighted by Crippen LogP contribution is -2.43. The van der Waals surface area contributed by atoms with Crippen molar-refractivity contribution in [1.29, 1.82) is 0 Å². The highest BCUT2D eigenvalue weighted by Gasteiger charge is 2.33. The first-order valence-corrected chi connectivity index (χ1v) is 14.0. The van der Waals surface area contributed by atoms with Crippen molar-refractivity contribution in [1.82, 2.24) is 9.88 Å². The first kappa shape index (κ1) is 25.0. The maximum atomic E-state index is 13.3. The largest absolute Gasteiger partial charge is 0.497 e. The number of carbonyl (C=O) groups excluding carboxylic acids is 1. The van der Waals surface area contributed by atoms with Crippen LogP contribution in [0.25, 0.3) is 22.2 Å². The number of hydrogen-bond acceptors (Lipinski definition) is 4. The van der Waals surface area contributed by atoms with Crippen LogP contribution >= 0.6 is 0 Å². The van der Waals surface area contributed by atoms with E-state index in [1.54, 1.807) is 13.2 Å². The summed E-state index contributed by atoms with van der Waals surface area (Å²) in [6.07, 6.45) is 8.15. The fraction of sp³-hybridized carbons (Fsp3) is 0.484. The molecule has 7 heteroatoms. The van der Waals surface area contributed by atoms with E-state index in [1.165, 1.54) is 30.5 Å². The molecule has 1 saturated heterocycles. The molecule has 2 aliphatic heterocycles. The second-order valence-electron chi connectivity index (χ2n) is 11.1. The molecule has 7 nitrogen and oxygen atoms in total. The minimum atomic E-state index is -0.926. The van der Waals surface area contributed by atoms with E-state index in [-0.39, 0.29) is 23.4 Å². The first-order valence-electron chi connectivity index (χ1n) is 14.0. The molecule has 2 aromatic carbocycles. The van der Waals surface area contributed by atoms with Crippen LogP contribution in [0.5, 0.6) is 5.75 Å². The summed E-state index contributed by atoms with van der Waals surface area (Å²) >= 11 is 0. The Morgan fingerprint density at radius 2 is 1.82 bits per heavy atom. The zero-order valence-corrected chi connectivity index (χ0v) is 22.0. The summed E-state index contributed by atoms with van der Waals surface area (Å²) in [5.41, 5.74) is 6.04. The number of ether oxygens (including phenoxy) is 2. The lowest BCUT2D eigenvalue weighted by atomic mass is 9.81. The van der Waals surface area contributed by atoms with Gasteiger partial charge in [-0.3, -0.25) is 4.79 Å². The van der Waals surface area contributed by atoms with Crippen LogP contribution in [-0.4, -0.2) is 47.9 Å². The summed E-state index contributed by atoms with van der Waals surface area (Å²) < 4.78 is 13.4. The van der Waals surface area contributed by atoms with Gasteiger partial charge in [0.05, 0.1) is 24.4 Å². The first-order chi connectivity index (χ1) is 18.5. The summed E-state index contributed by atoms with van der Waals surface area (Å²) in [7, 11) is 1.68. The summed E-state index contributed by atoms with van der Waals surface area (Å²) in [6.45, 7) is 1.84. The van der Waals surface area contributed by atoms with Crippen LogP contribution in [0.1, 0.15) is 72.3 Å². The van der Waals surface area contributed by atoms with Gasteiger partial charge in [0.2, 0.25) is 5.91 Å². The van der Waals surface area contributed by atoms with Gasteiger partial charge in [-0.05, 0) is 79.5 Å². The second-order valence-corrected chi connectivity index (χ2v) is 11.1. The van der Waals surface area contributed by atoms with Gasteiger partial charge in [-0.25, -0.2) is 4.79 Å². The smallest absolute Gasteiger partial charge is 0.335 e. The van der Waals surface area contributed by atoms with Crippen molar-refractivity contribution in [3.05, 3.63) is 53.1 Å². The molecule has 2 N–H and O–H groups in total. The fourth-order valence-electron chi connectivity index (χ4n) is 6.82. The Labute approximate surface area is 223 Å². The van der Waals surface area contributed by atoms with E-state index >= 15 is 0 Å². The molecule has 1 aliphatic carbocycles. The number of benzene rings is 2. The SMILES string of the molecule is COc1ccc2c(c1)CC(NC(=O)C1CCOCC1)Cn1c-2c(C2CCCCC2)c2ccc(C(=O)O)cc21. The van der Waals surface area contributed by atoms with E-state index in [1.807, 2.05) is 18.2 Å². The third kappa shape index (κ3) is 4.57. The molecule has 3 heterocycles. The topological polar surface area (TPSA) is 89.8 Å². The van der Waals surface area contributed by atoms with Gasteiger partial charge in [-0.1, -0.05) is 25.3 Å². The molecule has 6 rings (SSSR count). The van der Waals surface area contributed by atoms with Gasteiger partial charge in [0, 0.05) is 42.1 Å². The fourth-order valence-corrected chi connectivity index (χ4v) is 6.82. The predicted molar refractivity (Wildman–Crippen MR) is 146 cm³/mol. The van der Waals surface area contributed by atoms with Crippen molar-refractivity contribution in [3.8, 4) is 17.0 Å². The number of carboxylic acid groups (broad SMARTS) is 1. The van der Waals surface area contributed by atoms with Gasteiger partial charge in [0.25, 0.3) is 0 Å². The summed E-state index contributed by atoms with van der Waals surface area (Å²) in [5, 5.41) is 14.3. The van der Waals surface area contributed by atoms with E-state index in [2.05, 4.69) is 22.0 Å². The Morgan fingerprint density at radius 3 is 2.55 bits per heavy atom. The van der Waals surface area contributed by atoms with E-state index in [4.69, 9.17) is 9.47 Å². The van der Waals surface area contributed by atoms with Gasteiger partial charge < -0.3 is 24.5 Å². The molecular weight excluding hydrogens is 480 g/mol. The number of aromatic carboxylic acids is 1. The normalized spacial score (nSPS) is 20.4. The highest BCUT2D eigenvalue weighted by Crippen LogP contribution is 2.46. The molecule has 1 atom stereocenters. The van der Waals surface area contributed by atoms with Crippen molar-refractivity contribution in [3.63, 3.8) is 0 Å². The van der Waals surface area contributed by atoms with Crippen LogP contribution in [0.15, 0.2) is 36.4 Å². The average molecular weight is 517 g/mol. The van der Waals surface area contributed by atoms with Crippen LogP contribution in [0.4, 0.5) is 0 Å². The zero-order valence-electron chi connectivity index (χ0n) is 22.0. The molecule has 1 saturated carbocycles. The molecule has 1 amide bonds. The number of fused-ring (bicyclic) bond motifs is 5. The Balaban J connectivity index is 1.52. The molecule has 3 aliphatic rings. The molecular formula is C31H36N2O5. The van der Waals surface area contributed by atoms with Crippen molar-refractivity contribution < 1.29 is 24.2 Å². The lowest BCUT2D eigenvalue weighted by Gasteiger charge is -2.25. The van der Waals surface area contributed by atoms with Gasteiger partial charge in [0.1, 0.15) is 5.75 Å².